The fraction of sp³-hybridized carbons (Fsp3) is 0.261. The molecular weight excluding hydrogens is 350 g/mol. The zero-order chi connectivity index (χ0) is 19.1. The van der Waals surface area contributed by atoms with Crippen molar-refractivity contribution in [2.75, 3.05) is 13.1 Å². The summed E-state index contributed by atoms with van der Waals surface area (Å²) in [5.74, 6) is 1.13. The lowest BCUT2D eigenvalue weighted by Gasteiger charge is -2.31. The van der Waals surface area contributed by atoms with E-state index in [1.165, 1.54) is 0 Å². The number of para-hydroxylation sites is 3. The highest BCUT2D eigenvalue weighted by Gasteiger charge is 2.28. The number of amides is 1. The van der Waals surface area contributed by atoms with E-state index in [9.17, 15) is 4.79 Å². The van der Waals surface area contributed by atoms with Crippen molar-refractivity contribution < 1.29 is 9.21 Å². The Labute approximate surface area is 163 Å². The maximum absolute atomic E-state index is 13.2. The van der Waals surface area contributed by atoms with Gasteiger partial charge in [-0.1, -0.05) is 30.3 Å². The summed E-state index contributed by atoms with van der Waals surface area (Å²) >= 11 is 0. The molecule has 1 fully saturated rings. The summed E-state index contributed by atoms with van der Waals surface area (Å²) < 4.78 is 5.94. The summed E-state index contributed by atoms with van der Waals surface area (Å²) in [7, 11) is 0. The number of nitrogens with zero attached hydrogens (tertiary/aromatic N) is 3. The molecule has 0 bridgehead atoms. The number of fused-ring (bicyclic) bond motifs is 2. The minimum absolute atomic E-state index is 0.0812. The van der Waals surface area contributed by atoms with E-state index >= 15 is 0 Å². The van der Waals surface area contributed by atoms with Gasteiger partial charge in [0.1, 0.15) is 5.52 Å². The van der Waals surface area contributed by atoms with Crippen LogP contribution in [0.5, 0.6) is 0 Å². The highest BCUT2D eigenvalue weighted by Crippen LogP contribution is 2.31. The Hall–Kier alpha value is -3.21. The van der Waals surface area contributed by atoms with Crippen LogP contribution >= 0.6 is 0 Å². The highest BCUT2D eigenvalue weighted by molar-refractivity contribution is 6.06. The molecular formula is C23H21N3O2. The predicted molar refractivity (Wildman–Crippen MR) is 108 cm³/mol. The average molecular weight is 371 g/mol. The van der Waals surface area contributed by atoms with Gasteiger partial charge in [-0.25, -0.2) is 4.98 Å². The van der Waals surface area contributed by atoms with Gasteiger partial charge in [0.15, 0.2) is 11.5 Å². The van der Waals surface area contributed by atoms with Crippen LogP contribution in [0.15, 0.2) is 59.0 Å². The van der Waals surface area contributed by atoms with Crippen molar-refractivity contribution in [3.05, 3.63) is 71.7 Å². The van der Waals surface area contributed by atoms with Crippen molar-refractivity contribution >= 4 is 27.9 Å². The second kappa shape index (κ2) is 6.75. The maximum atomic E-state index is 13.2. The Morgan fingerprint density at radius 3 is 2.50 bits per heavy atom. The molecule has 1 amide bonds. The normalized spacial score (nSPS) is 15.4. The Bertz CT molecular complexity index is 1140. The molecule has 5 nitrogen and oxygen atoms in total. The van der Waals surface area contributed by atoms with Crippen LogP contribution < -0.4 is 0 Å². The third-order valence-corrected chi connectivity index (χ3v) is 5.52. The molecule has 140 valence electrons. The molecule has 0 saturated carbocycles. The minimum atomic E-state index is 0.0812. The topological polar surface area (TPSA) is 59.2 Å². The standard InChI is InChI=1S/C23H21N3O2/c1-15-14-18(17-6-2-3-7-19(17)24-15)23(27)26-12-10-16(11-13-26)22-25-20-8-4-5-9-21(20)28-22/h2-9,14,16H,10-13H2,1H3. The number of likely N-dealkylation sites (tertiary alicyclic amines) is 1. The van der Waals surface area contributed by atoms with Gasteiger partial charge in [0, 0.05) is 30.1 Å². The van der Waals surface area contributed by atoms with Gasteiger partial charge < -0.3 is 9.32 Å². The van der Waals surface area contributed by atoms with E-state index < -0.39 is 0 Å². The molecule has 2 aromatic heterocycles. The first-order valence-corrected chi connectivity index (χ1v) is 9.70. The molecule has 3 heterocycles. The number of hydrogen-bond donors (Lipinski definition) is 0. The monoisotopic (exact) mass is 371 g/mol. The Balaban J connectivity index is 1.36. The van der Waals surface area contributed by atoms with Crippen LogP contribution in [0, 0.1) is 6.92 Å². The maximum Gasteiger partial charge on any atom is 0.254 e. The quantitative estimate of drug-likeness (QED) is 0.512. The lowest BCUT2D eigenvalue weighted by Crippen LogP contribution is -2.38. The van der Waals surface area contributed by atoms with Gasteiger partial charge in [-0.05, 0) is 44.0 Å². The van der Waals surface area contributed by atoms with Crippen LogP contribution in [-0.2, 0) is 0 Å². The first kappa shape index (κ1) is 16.9. The van der Waals surface area contributed by atoms with Crippen molar-refractivity contribution in [2.24, 2.45) is 0 Å². The fourth-order valence-corrected chi connectivity index (χ4v) is 4.05. The van der Waals surface area contributed by atoms with Crippen LogP contribution in [0.25, 0.3) is 22.0 Å². The molecule has 28 heavy (non-hydrogen) atoms. The predicted octanol–water partition coefficient (Wildman–Crippen LogP) is 4.70. The molecule has 5 rings (SSSR count). The summed E-state index contributed by atoms with van der Waals surface area (Å²) in [6.07, 6.45) is 1.72. The average Bonchev–Trinajstić information content (AvgIpc) is 3.17. The van der Waals surface area contributed by atoms with Crippen LogP contribution in [0.4, 0.5) is 0 Å². The molecule has 4 aromatic rings. The molecule has 0 N–H and O–H groups in total. The van der Waals surface area contributed by atoms with Crippen molar-refractivity contribution in [3.63, 3.8) is 0 Å². The van der Waals surface area contributed by atoms with E-state index in [0.717, 1.165) is 52.0 Å². The van der Waals surface area contributed by atoms with Gasteiger partial charge in [0.25, 0.3) is 5.91 Å². The number of aromatic nitrogens is 2. The number of carbonyl (C=O) groups excluding carboxylic acids is 1. The number of piperidine rings is 1. The van der Waals surface area contributed by atoms with Crippen LogP contribution in [-0.4, -0.2) is 33.9 Å². The van der Waals surface area contributed by atoms with E-state index in [4.69, 9.17) is 4.42 Å². The molecule has 0 radical (unpaired) electrons. The molecule has 0 spiro atoms. The van der Waals surface area contributed by atoms with Crippen molar-refractivity contribution in [1.82, 2.24) is 14.9 Å². The van der Waals surface area contributed by atoms with E-state index in [-0.39, 0.29) is 11.8 Å². The molecule has 0 unspecified atom stereocenters. The van der Waals surface area contributed by atoms with Crippen LogP contribution in [0.3, 0.4) is 0 Å². The Morgan fingerprint density at radius 1 is 1.00 bits per heavy atom. The number of hydrogen-bond acceptors (Lipinski definition) is 4. The summed E-state index contributed by atoms with van der Waals surface area (Å²) in [5, 5.41) is 0.916. The molecule has 0 aliphatic carbocycles. The highest BCUT2D eigenvalue weighted by atomic mass is 16.3. The number of benzene rings is 2. The second-order valence-corrected chi connectivity index (χ2v) is 7.41. The summed E-state index contributed by atoms with van der Waals surface area (Å²) in [5.41, 5.74) is 4.20. The number of aryl methyl sites for hydroxylation is 1. The molecule has 0 atom stereocenters. The third-order valence-electron chi connectivity index (χ3n) is 5.52. The largest absolute Gasteiger partial charge is 0.440 e. The van der Waals surface area contributed by atoms with Gasteiger partial charge in [0.05, 0.1) is 11.1 Å². The van der Waals surface area contributed by atoms with Gasteiger partial charge in [0.2, 0.25) is 0 Å². The summed E-state index contributed by atoms with van der Waals surface area (Å²) in [6.45, 7) is 3.35. The molecule has 5 heteroatoms. The van der Waals surface area contributed by atoms with E-state index in [0.29, 0.717) is 13.1 Å². The lowest BCUT2D eigenvalue weighted by molar-refractivity contribution is 0.0708. The van der Waals surface area contributed by atoms with Crippen molar-refractivity contribution in [2.45, 2.75) is 25.7 Å². The number of pyridine rings is 1. The SMILES string of the molecule is Cc1cc(C(=O)N2CCC(c3nc4ccccc4o3)CC2)c2ccccc2n1. The molecule has 1 saturated heterocycles. The number of rotatable bonds is 2. The molecule has 2 aromatic carbocycles. The zero-order valence-corrected chi connectivity index (χ0v) is 15.8. The summed E-state index contributed by atoms with van der Waals surface area (Å²) in [6, 6.07) is 17.6. The Kier molecular flexibility index (Phi) is 4.08. The third kappa shape index (κ3) is 2.93. The van der Waals surface area contributed by atoms with Crippen LogP contribution in [0.1, 0.15) is 40.7 Å². The summed E-state index contributed by atoms with van der Waals surface area (Å²) in [4.78, 5) is 24.3. The number of carbonyl (C=O) groups is 1. The molecule has 1 aliphatic heterocycles. The smallest absolute Gasteiger partial charge is 0.254 e. The van der Waals surface area contributed by atoms with Crippen LogP contribution in [0.2, 0.25) is 0 Å². The fourth-order valence-electron chi connectivity index (χ4n) is 4.05. The van der Waals surface area contributed by atoms with Gasteiger partial charge >= 0.3 is 0 Å². The minimum Gasteiger partial charge on any atom is -0.440 e. The lowest BCUT2D eigenvalue weighted by atomic mass is 9.96. The Morgan fingerprint density at radius 2 is 1.71 bits per heavy atom. The van der Waals surface area contributed by atoms with E-state index in [1.807, 2.05) is 66.4 Å². The second-order valence-electron chi connectivity index (χ2n) is 7.41. The first-order chi connectivity index (χ1) is 13.7. The van der Waals surface area contributed by atoms with E-state index in [1.54, 1.807) is 0 Å². The zero-order valence-electron chi connectivity index (χ0n) is 15.8. The van der Waals surface area contributed by atoms with Gasteiger partial charge in [-0.15, -0.1) is 0 Å². The van der Waals surface area contributed by atoms with Crippen molar-refractivity contribution in [1.29, 1.82) is 0 Å². The first-order valence-electron chi connectivity index (χ1n) is 9.70. The van der Waals surface area contributed by atoms with Crippen molar-refractivity contribution in [3.8, 4) is 0 Å². The number of oxazole rings is 1. The van der Waals surface area contributed by atoms with Gasteiger partial charge in [-0.3, -0.25) is 9.78 Å². The van der Waals surface area contributed by atoms with E-state index in [2.05, 4.69) is 9.97 Å². The van der Waals surface area contributed by atoms with Gasteiger partial charge in [-0.2, -0.15) is 0 Å². The molecule has 1 aliphatic rings.